The van der Waals surface area contributed by atoms with Gasteiger partial charge in [-0.3, -0.25) is 4.79 Å². The minimum atomic E-state index is -3.41. The molecule has 3 heterocycles. The van der Waals surface area contributed by atoms with Crippen LogP contribution in [0.3, 0.4) is 0 Å². The molecule has 1 fully saturated rings. The van der Waals surface area contributed by atoms with Crippen LogP contribution in [0.15, 0.2) is 36.5 Å². The zero-order valence-electron chi connectivity index (χ0n) is 17.4. The third-order valence-corrected chi connectivity index (χ3v) is 8.33. The van der Waals surface area contributed by atoms with Crippen molar-refractivity contribution in [3.05, 3.63) is 47.8 Å². The monoisotopic (exact) mass is 429 g/mol. The second kappa shape index (κ2) is 8.07. The standard InChI is InChI=1S/C22H27N3O4S/c1-3-30(27,28)16(2)21(26)25-12-10-22(11-13-25)19-18(9-14-29-22)15-23-20(24-19)17-7-5-4-6-8-17/h4-8,15-16H,3,9-14H2,1-2H3. The lowest BCUT2D eigenvalue weighted by molar-refractivity contribution is -0.140. The third kappa shape index (κ3) is 3.74. The van der Waals surface area contributed by atoms with Gasteiger partial charge in [0, 0.05) is 30.6 Å². The average molecular weight is 430 g/mol. The topological polar surface area (TPSA) is 89.5 Å². The highest BCUT2D eigenvalue weighted by atomic mass is 32.2. The van der Waals surface area contributed by atoms with E-state index in [4.69, 9.17) is 9.72 Å². The molecule has 4 rings (SSSR count). The van der Waals surface area contributed by atoms with Gasteiger partial charge in [0.15, 0.2) is 15.7 Å². The van der Waals surface area contributed by atoms with E-state index < -0.39 is 20.7 Å². The van der Waals surface area contributed by atoms with Gasteiger partial charge in [0.25, 0.3) is 0 Å². The first kappa shape index (κ1) is 20.9. The molecule has 1 spiro atoms. The molecule has 1 aromatic carbocycles. The lowest BCUT2D eigenvalue weighted by Gasteiger charge is -2.44. The first-order chi connectivity index (χ1) is 14.4. The molecule has 1 aromatic heterocycles. The molecule has 2 aliphatic heterocycles. The Morgan fingerprint density at radius 1 is 1.23 bits per heavy atom. The van der Waals surface area contributed by atoms with Crippen LogP contribution in [-0.2, 0) is 31.4 Å². The number of rotatable bonds is 4. The Kier molecular flexibility index (Phi) is 5.63. The van der Waals surface area contributed by atoms with Crippen molar-refractivity contribution in [1.82, 2.24) is 14.9 Å². The second-order valence-corrected chi connectivity index (χ2v) is 10.6. The molecule has 160 valence electrons. The van der Waals surface area contributed by atoms with Crippen LogP contribution < -0.4 is 0 Å². The van der Waals surface area contributed by atoms with Crippen LogP contribution in [-0.4, -0.2) is 59.9 Å². The number of hydrogen-bond donors (Lipinski definition) is 0. The van der Waals surface area contributed by atoms with Crippen LogP contribution in [0.1, 0.15) is 37.9 Å². The zero-order valence-corrected chi connectivity index (χ0v) is 18.2. The van der Waals surface area contributed by atoms with Crippen LogP contribution in [0.5, 0.6) is 0 Å². The van der Waals surface area contributed by atoms with E-state index in [0.717, 1.165) is 23.2 Å². The van der Waals surface area contributed by atoms with E-state index in [1.807, 2.05) is 36.5 Å². The number of fused-ring (bicyclic) bond motifs is 2. The summed E-state index contributed by atoms with van der Waals surface area (Å²) in [5.74, 6) is 0.309. The van der Waals surface area contributed by atoms with Crippen molar-refractivity contribution >= 4 is 15.7 Å². The molecule has 0 aliphatic carbocycles. The van der Waals surface area contributed by atoms with Crippen LogP contribution >= 0.6 is 0 Å². The van der Waals surface area contributed by atoms with E-state index in [1.165, 1.54) is 6.92 Å². The molecule has 30 heavy (non-hydrogen) atoms. The Bertz CT molecular complexity index is 1030. The van der Waals surface area contributed by atoms with Gasteiger partial charge in [-0.1, -0.05) is 37.3 Å². The predicted octanol–water partition coefficient (Wildman–Crippen LogP) is 2.36. The molecule has 0 bridgehead atoms. The number of amides is 1. The van der Waals surface area contributed by atoms with Crippen LogP contribution in [0.2, 0.25) is 0 Å². The molecule has 0 N–H and O–H groups in total. The van der Waals surface area contributed by atoms with Gasteiger partial charge < -0.3 is 9.64 Å². The minimum Gasteiger partial charge on any atom is -0.368 e. The fraction of sp³-hybridized carbons (Fsp3) is 0.500. The SMILES string of the molecule is CCS(=O)(=O)C(C)C(=O)N1CCC2(CC1)OCCc1cnc(-c3ccccc3)nc12. The fourth-order valence-corrected chi connectivity index (χ4v) is 5.22. The van der Waals surface area contributed by atoms with E-state index in [-0.39, 0.29) is 11.7 Å². The van der Waals surface area contributed by atoms with E-state index in [0.29, 0.717) is 38.4 Å². The number of benzene rings is 1. The normalized spacial score (nSPS) is 19.3. The summed E-state index contributed by atoms with van der Waals surface area (Å²) in [6.07, 6.45) is 3.84. The maximum atomic E-state index is 12.7. The van der Waals surface area contributed by atoms with Gasteiger partial charge in [-0.2, -0.15) is 0 Å². The molecular formula is C22H27N3O4S. The fourth-order valence-electron chi connectivity index (χ4n) is 4.27. The van der Waals surface area contributed by atoms with Gasteiger partial charge >= 0.3 is 0 Å². The average Bonchev–Trinajstić information content (AvgIpc) is 2.79. The number of sulfone groups is 1. The van der Waals surface area contributed by atoms with Crippen molar-refractivity contribution in [2.75, 3.05) is 25.4 Å². The Morgan fingerprint density at radius 2 is 1.93 bits per heavy atom. The molecule has 0 radical (unpaired) electrons. The van der Waals surface area contributed by atoms with Gasteiger partial charge in [-0.15, -0.1) is 0 Å². The van der Waals surface area contributed by atoms with Gasteiger partial charge in [-0.25, -0.2) is 18.4 Å². The summed E-state index contributed by atoms with van der Waals surface area (Å²) >= 11 is 0. The molecular weight excluding hydrogens is 402 g/mol. The first-order valence-electron chi connectivity index (χ1n) is 10.4. The Labute approximate surface area is 177 Å². The summed E-state index contributed by atoms with van der Waals surface area (Å²) in [5.41, 5.74) is 2.39. The Balaban J connectivity index is 1.57. The van der Waals surface area contributed by atoms with Crippen molar-refractivity contribution < 1.29 is 17.9 Å². The van der Waals surface area contributed by atoms with Gasteiger partial charge in [0.2, 0.25) is 5.91 Å². The number of carbonyl (C=O) groups is 1. The summed E-state index contributed by atoms with van der Waals surface area (Å²) in [4.78, 5) is 23.8. The summed E-state index contributed by atoms with van der Waals surface area (Å²) in [6, 6.07) is 9.84. The largest absolute Gasteiger partial charge is 0.368 e. The second-order valence-electron chi connectivity index (χ2n) is 7.95. The van der Waals surface area contributed by atoms with Crippen LogP contribution in [0.4, 0.5) is 0 Å². The maximum Gasteiger partial charge on any atom is 0.240 e. The zero-order chi connectivity index (χ0) is 21.4. The highest BCUT2D eigenvalue weighted by Crippen LogP contribution is 2.41. The molecule has 8 heteroatoms. The van der Waals surface area contributed by atoms with Crippen LogP contribution in [0, 0.1) is 0 Å². The lowest BCUT2D eigenvalue weighted by atomic mass is 9.83. The third-order valence-electron chi connectivity index (χ3n) is 6.25. The number of likely N-dealkylation sites (tertiary alicyclic amines) is 1. The van der Waals surface area contributed by atoms with E-state index >= 15 is 0 Å². The quantitative estimate of drug-likeness (QED) is 0.741. The number of nitrogens with zero attached hydrogens (tertiary/aromatic N) is 3. The lowest BCUT2D eigenvalue weighted by Crippen LogP contribution is -2.51. The van der Waals surface area contributed by atoms with Gasteiger partial charge in [-0.05, 0) is 31.7 Å². The molecule has 2 aromatic rings. The van der Waals surface area contributed by atoms with E-state index in [2.05, 4.69) is 4.98 Å². The molecule has 1 amide bonds. The Hall–Kier alpha value is -2.32. The summed E-state index contributed by atoms with van der Waals surface area (Å²) in [5, 5.41) is -1.01. The first-order valence-corrected chi connectivity index (χ1v) is 12.1. The number of aromatic nitrogens is 2. The molecule has 0 saturated carbocycles. The van der Waals surface area contributed by atoms with Crippen molar-refractivity contribution in [3.63, 3.8) is 0 Å². The Morgan fingerprint density at radius 3 is 2.60 bits per heavy atom. The number of piperidine rings is 1. The summed E-state index contributed by atoms with van der Waals surface area (Å²) in [7, 11) is -3.41. The van der Waals surface area contributed by atoms with Crippen LogP contribution in [0.25, 0.3) is 11.4 Å². The van der Waals surface area contributed by atoms with E-state index in [1.54, 1.807) is 11.8 Å². The number of hydrogen-bond acceptors (Lipinski definition) is 6. The summed E-state index contributed by atoms with van der Waals surface area (Å²) in [6.45, 7) is 4.55. The minimum absolute atomic E-state index is 0.0344. The molecule has 2 aliphatic rings. The maximum absolute atomic E-state index is 12.7. The number of carbonyl (C=O) groups excluding carboxylic acids is 1. The van der Waals surface area contributed by atoms with Crippen molar-refractivity contribution in [3.8, 4) is 11.4 Å². The van der Waals surface area contributed by atoms with Gasteiger partial charge in [0.1, 0.15) is 10.9 Å². The molecule has 1 unspecified atom stereocenters. The smallest absolute Gasteiger partial charge is 0.240 e. The molecule has 1 saturated heterocycles. The highest BCUT2D eigenvalue weighted by Gasteiger charge is 2.44. The van der Waals surface area contributed by atoms with Crippen molar-refractivity contribution in [2.45, 2.75) is 44.0 Å². The summed E-state index contributed by atoms with van der Waals surface area (Å²) < 4.78 is 30.5. The van der Waals surface area contributed by atoms with Gasteiger partial charge in [0.05, 0.1) is 12.3 Å². The molecule has 1 atom stereocenters. The number of ether oxygens (including phenoxy) is 1. The highest BCUT2D eigenvalue weighted by molar-refractivity contribution is 7.92. The van der Waals surface area contributed by atoms with E-state index in [9.17, 15) is 13.2 Å². The molecule has 7 nitrogen and oxygen atoms in total. The van der Waals surface area contributed by atoms with Crippen molar-refractivity contribution in [2.24, 2.45) is 0 Å². The predicted molar refractivity (Wildman–Crippen MR) is 114 cm³/mol. The van der Waals surface area contributed by atoms with Crippen molar-refractivity contribution in [1.29, 1.82) is 0 Å².